The van der Waals surface area contributed by atoms with Crippen LogP contribution in [-0.2, 0) is 9.59 Å². The summed E-state index contributed by atoms with van der Waals surface area (Å²) in [6, 6.07) is 0. The first-order valence-electron chi connectivity index (χ1n) is 4.29. The van der Waals surface area contributed by atoms with Crippen molar-refractivity contribution in [3.05, 3.63) is 11.1 Å². The molecule has 0 aliphatic heterocycles. The Bertz CT molecular complexity index is 316. The molecule has 0 unspecified atom stereocenters. The Morgan fingerprint density at radius 2 is 2.00 bits per heavy atom. The van der Waals surface area contributed by atoms with Crippen molar-refractivity contribution in [1.82, 2.24) is 0 Å². The lowest BCUT2D eigenvalue weighted by molar-refractivity contribution is -0.145. The van der Waals surface area contributed by atoms with Crippen molar-refractivity contribution in [2.75, 3.05) is 0 Å². The molecule has 0 aromatic heterocycles. The Kier molecular flexibility index (Phi) is 1.65. The summed E-state index contributed by atoms with van der Waals surface area (Å²) >= 11 is 0. The summed E-state index contributed by atoms with van der Waals surface area (Å²) in [5, 5.41) is 17.7. The van der Waals surface area contributed by atoms with Crippen LogP contribution in [0.4, 0.5) is 0 Å². The van der Waals surface area contributed by atoms with Crippen molar-refractivity contribution in [1.29, 1.82) is 0 Å². The number of allylic oxidation sites excluding steroid dienone is 1. The van der Waals surface area contributed by atoms with Crippen LogP contribution in [0.1, 0.15) is 19.3 Å². The molecule has 0 aromatic rings. The first-order valence-corrected chi connectivity index (χ1v) is 4.29. The zero-order valence-corrected chi connectivity index (χ0v) is 6.99. The largest absolute Gasteiger partial charge is 0.481 e. The molecular weight excluding hydrogens is 172 g/mol. The molecule has 4 nitrogen and oxygen atoms in total. The van der Waals surface area contributed by atoms with Gasteiger partial charge in [-0.2, -0.15) is 0 Å². The molecule has 2 N–H and O–H groups in total. The Labute approximate surface area is 74.9 Å². The van der Waals surface area contributed by atoms with Crippen LogP contribution in [0.3, 0.4) is 0 Å². The molecule has 70 valence electrons. The van der Waals surface area contributed by atoms with Gasteiger partial charge in [0, 0.05) is 0 Å². The van der Waals surface area contributed by atoms with Gasteiger partial charge in [0.25, 0.3) is 0 Å². The van der Waals surface area contributed by atoms with E-state index in [1.165, 1.54) is 0 Å². The minimum Gasteiger partial charge on any atom is -0.481 e. The van der Waals surface area contributed by atoms with Gasteiger partial charge in [-0.05, 0) is 25.2 Å². The van der Waals surface area contributed by atoms with E-state index < -0.39 is 17.9 Å². The van der Waals surface area contributed by atoms with E-state index in [1.54, 1.807) is 0 Å². The van der Waals surface area contributed by atoms with Crippen LogP contribution in [0.2, 0.25) is 0 Å². The molecule has 0 spiro atoms. The average molecular weight is 182 g/mol. The predicted octanol–water partition coefficient (Wildman–Crippen LogP) is 0.882. The summed E-state index contributed by atoms with van der Waals surface area (Å²) in [6.07, 6.45) is 2.29. The predicted molar refractivity (Wildman–Crippen MR) is 43.1 cm³/mol. The number of hydrogen-bond acceptors (Lipinski definition) is 2. The third-order valence-electron chi connectivity index (χ3n) is 2.99. The van der Waals surface area contributed by atoms with Gasteiger partial charge in [0.1, 0.15) is 0 Å². The van der Waals surface area contributed by atoms with E-state index in [1.807, 2.05) is 0 Å². The van der Waals surface area contributed by atoms with Gasteiger partial charge in [-0.15, -0.1) is 0 Å². The highest BCUT2D eigenvalue weighted by Crippen LogP contribution is 2.48. The van der Waals surface area contributed by atoms with Crippen LogP contribution in [-0.4, -0.2) is 22.2 Å². The minimum atomic E-state index is -1.05. The molecule has 1 fully saturated rings. The second-order valence-electron chi connectivity index (χ2n) is 3.64. The molecule has 4 heteroatoms. The third-order valence-corrected chi connectivity index (χ3v) is 2.99. The van der Waals surface area contributed by atoms with Gasteiger partial charge >= 0.3 is 11.9 Å². The number of rotatable bonds is 2. The SMILES string of the molecule is O=C(O)C1=C2CC[C@H](C2)[C@@H]1C(=O)O. The normalized spacial score (nSPS) is 31.1. The molecule has 0 radical (unpaired) electrons. The van der Waals surface area contributed by atoms with Gasteiger partial charge in [0.05, 0.1) is 11.5 Å². The molecule has 0 amide bonds. The smallest absolute Gasteiger partial charge is 0.332 e. The van der Waals surface area contributed by atoms with Gasteiger partial charge < -0.3 is 10.2 Å². The second kappa shape index (κ2) is 2.58. The summed E-state index contributed by atoms with van der Waals surface area (Å²) in [7, 11) is 0. The van der Waals surface area contributed by atoms with E-state index >= 15 is 0 Å². The van der Waals surface area contributed by atoms with Crippen molar-refractivity contribution < 1.29 is 19.8 Å². The highest BCUT2D eigenvalue weighted by atomic mass is 16.4. The van der Waals surface area contributed by atoms with E-state index in [4.69, 9.17) is 10.2 Å². The molecular formula is C9H10O4. The molecule has 2 bridgehead atoms. The Balaban J connectivity index is 2.40. The highest BCUT2D eigenvalue weighted by Gasteiger charge is 2.46. The number of aliphatic carboxylic acids is 2. The van der Waals surface area contributed by atoms with Crippen molar-refractivity contribution >= 4 is 11.9 Å². The maximum Gasteiger partial charge on any atom is 0.332 e. The van der Waals surface area contributed by atoms with Gasteiger partial charge in [-0.3, -0.25) is 4.79 Å². The highest BCUT2D eigenvalue weighted by molar-refractivity contribution is 5.96. The first kappa shape index (κ1) is 8.29. The first-order chi connectivity index (χ1) is 6.11. The lowest BCUT2D eigenvalue weighted by Gasteiger charge is -2.17. The Hall–Kier alpha value is -1.32. The molecule has 0 saturated heterocycles. The molecule has 2 atom stereocenters. The summed E-state index contributed by atoms with van der Waals surface area (Å²) < 4.78 is 0. The fraction of sp³-hybridized carbons (Fsp3) is 0.556. The quantitative estimate of drug-likeness (QED) is 0.664. The van der Waals surface area contributed by atoms with E-state index in [0.29, 0.717) is 6.42 Å². The van der Waals surface area contributed by atoms with Crippen molar-refractivity contribution in [2.24, 2.45) is 11.8 Å². The molecule has 2 aliphatic carbocycles. The van der Waals surface area contributed by atoms with Crippen LogP contribution < -0.4 is 0 Å². The monoisotopic (exact) mass is 182 g/mol. The average Bonchev–Trinajstić information content (AvgIpc) is 2.60. The number of fused-ring (bicyclic) bond motifs is 2. The molecule has 2 aliphatic rings. The zero-order chi connectivity index (χ0) is 9.59. The lowest BCUT2D eigenvalue weighted by Crippen LogP contribution is -2.26. The van der Waals surface area contributed by atoms with Gasteiger partial charge in [0.15, 0.2) is 0 Å². The standard InChI is InChI=1S/C9H10O4/c10-8(11)6-4-1-2-5(3-4)7(6)9(12)13/h4,6H,1-3H2,(H,10,11)(H,12,13)/t4-,6+/m1/s1. The second-order valence-corrected chi connectivity index (χ2v) is 3.64. The molecule has 1 saturated carbocycles. The number of carboxylic acids is 2. The number of carboxylic acid groups (broad SMARTS) is 2. The van der Waals surface area contributed by atoms with Gasteiger partial charge in [-0.25, -0.2) is 4.79 Å². The molecule has 0 heterocycles. The minimum absolute atomic E-state index is 0.0404. The van der Waals surface area contributed by atoms with Crippen LogP contribution in [0.5, 0.6) is 0 Å². The van der Waals surface area contributed by atoms with Crippen LogP contribution in [0.25, 0.3) is 0 Å². The van der Waals surface area contributed by atoms with Gasteiger partial charge in [0.2, 0.25) is 0 Å². The summed E-state index contributed by atoms with van der Waals surface area (Å²) in [4.78, 5) is 21.6. The Morgan fingerprint density at radius 1 is 1.31 bits per heavy atom. The van der Waals surface area contributed by atoms with E-state index in [-0.39, 0.29) is 11.5 Å². The molecule has 13 heavy (non-hydrogen) atoms. The van der Waals surface area contributed by atoms with Crippen molar-refractivity contribution in [3.8, 4) is 0 Å². The fourth-order valence-corrected chi connectivity index (χ4v) is 2.47. The Morgan fingerprint density at radius 3 is 2.46 bits per heavy atom. The summed E-state index contributed by atoms with van der Waals surface area (Å²) in [5.41, 5.74) is 1.01. The molecule has 0 aromatic carbocycles. The molecule has 2 rings (SSSR count). The van der Waals surface area contributed by atoms with Crippen molar-refractivity contribution in [3.63, 3.8) is 0 Å². The topological polar surface area (TPSA) is 74.6 Å². The van der Waals surface area contributed by atoms with Gasteiger partial charge in [-0.1, -0.05) is 5.57 Å². The third kappa shape index (κ3) is 1.05. The van der Waals surface area contributed by atoms with Crippen molar-refractivity contribution in [2.45, 2.75) is 19.3 Å². The zero-order valence-electron chi connectivity index (χ0n) is 6.99. The van der Waals surface area contributed by atoms with Crippen LogP contribution in [0, 0.1) is 11.8 Å². The fourth-order valence-electron chi connectivity index (χ4n) is 2.47. The summed E-state index contributed by atoms with van der Waals surface area (Å²) in [5.74, 6) is -2.75. The lowest BCUT2D eigenvalue weighted by atomic mass is 9.86. The van der Waals surface area contributed by atoms with E-state index in [0.717, 1.165) is 18.4 Å². The van der Waals surface area contributed by atoms with Crippen LogP contribution >= 0.6 is 0 Å². The van der Waals surface area contributed by atoms with E-state index in [9.17, 15) is 9.59 Å². The van der Waals surface area contributed by atoms with Crippen LogP contribution in [0.15, 0.2) is 11.1 Å². The maximum absolute atomic E-state index is 10.8. The van der Waals surface area contributed by atoms with E-state index in [2.05, 4.69) is 0 Å². The summed E-state index contributed by atoms with van der Waals surface area (Å²) in [6.45, 7) is 0. The number of carbonyl (C=O) groups is 2. The number of hydrogen-bond donors (Lipinski definition) is 2. The maximum atomic E-state index is 10.8.